The van der Waals surface area contributed by atoms with Crippen LogP contribution in [0, 0.1) is 5.92 Å². The molecule has 3 N–H and O–H groups in total. The van der Waals surface area contributed by atoms with E-state index in [0.29, 0.717) is 13.1 Å². The summed E-state index contributed by atoms with van der Waals surface area (Å²) < 4.78 is 0. The van der Waals surface area contributed by atoms with Gasteiger partial charge in [0.25, 0.3) is 0 Å². The number of nitrogens with one attached hydrogen (secondary N) is 2. The molecule has 1 aromatic carbocycles. The molecule has 0 radical (unpaired) electrons. The van der Waals surface area contributed by atoms with Gasteiger partial charge in [-0.1, -0.05) is 37.3 Å². The molecule has 0 amide bonds. The topological polar surface area (TPSA) is 61.4 Å². The normalized spacial score (nSPS) is 12.3. The highest BCUT2D eigenvalue weighted by molar-refractivity contribution is 5.69. The summed E-state index contributed by atoms with van der Waals surface area (Å²) >= 11 is 0. The lowest BCUT2D eigenvalue weighted by Gasteiger charge is -2.09. The second kappa shape index (κ2) is 6.16. The lowest BCUT2D eigenvalue weighted by Crippen LogP contribution is -2.36. The van der Waals surface area contributed by atoms with Crippen molar-refractivity contribution in [1.82, 2.24) is 10.9 Å². The molecule has 0 fully saturated rings. The highest BCUT2D eigenvalue weighted by atomic mass is 16.4. The lowest BCUT2D eigenvalue weighted by atomic mass is 10.2. The SMILES string of the molecule is CC(CNNCc1ccccc1)C(=O)O. The third kappa shape index (κ3) is 4.58. The van der Waals surface area contributed by atoms with E-state index in [1.54, 1.807) is 6.92 Å². The Hall–Kier alpha value is -1.39. The first-order valence-corrected chi connectivity index (χ1v) is 4.92. The van der Waals surface area contributed by atoms with Crippen molar-refractivity contribution in [3.8, 4) is 0 Å². The van der Waals surface area contributed by atoms with Crippen LogP contribution in [0.3, 0.4) is 0 Å². The van der Waals surface area contributed by atoms with Crippen molar-refractivity contribution < 1.29 is 9.90 Å². The molecular formula is C11H16N2O2. The van der Waals surface area contributed by atoms with Crippen LogP contribution >= 0.6 is 0 Å². The second-order valence-corrected chi connectivity index (χ2v) is 3.46. The van der Waals surface area contributed by atoms with E-state index in [9.17, 15) is 4.79 Å². The maximum absolute atomic E-state index is 10.5. The van der Waals surface area contributed by atoms with Gasteiger partial charge in [0.05, 0.1) is 5.92 Å². The van der Waals surface area contributed by atoms with Gasteiger partial charge in [-0.3, -0.25) is 15.6 Å². The molecule has 0 heterocycles. The molecule has 1 aromatic rings. The molecular weight excluding hydrogens is 192 g/mol. The number of rotatable bonds is 6. The van der Waals surface area contributed by atoms with Crippen molar-refractivity contribution in [1.29, 1.82) is 0 Å². The van der Waals surface area contributed by atoms with Crippen molar-refractivity contribution in [3.63, 3.8) is 0 Å². The Balaban J connectivity index is 2.15. The van der Waals surface area contributed by atoms with Gasteiger partial charge in [0, 0.05) is 13.1 Å². The zero-order valence-corrected chi connectivity index (χ0v) is 8.73. The van der Waals surface area contributed by atoms with Crippen LogP contribution in [-0.4, -0.2) is 17.6 Å². The minimum Gasteiger partial charge on any atom is -0.481 e. The number of hydrazine groups is 1. The van der Waals surface area contributed by atoms with Crippen molar-refractivity contribution in [2.45, 2.75) is 13.5 Å². The quantitative estimate of drug-likeness (QED) is 0.482. The molecule has 0 aliphatic carbocycles. The van der Waals surface area contributed by atoms with Crippen molar-refractivity contribution in [2.75, 3.05) is 6.54 Å². The third-order valence-electron chi connectivity index (χ3n) is 2.09. The van der Waals surface area contributed by atoms with E-state index in [1.165, 1.54) is 0 Å². The molecule has 1 rings (SSSR count). The Morgan fingerprint density at radius 1 is 1.33 bits per heavy atom. The predicted octanol–water partition coefficient (Wildman–Crippen LogP) is 1.00. The van der Waals surface area contributed by atoms with Gasteiger partial charge in [0.1, 0.15) is 0 Å². The zero-order chi connectivity index (χ0) is 11.1. The van der Waals surface area contributed by atoms with Crippen molar-refractivity contribution in [3.05, 3.63) is 35.9 Å². The highest BCUT2D eigenvalue weighted by Crippen LogP contribution is 1.96. The second-order valence-electron chi connectivity index (χ2n) is 3.46. The molecule has 1 atom stereocenters. The maximum atomic E-state index is 10.5. The first kappa shape index (κ1) is 11.7. The summed E-state index contributed by atoms with van der Waals surface area (Å²) in [5.41, 5.74) is 7.02. The Kier molecular flexibility index (Phi) is 4.80. The van der Waals surface area contributed by atoms with E-state index in [0.717, 1.165) is 5.56 Å². The van der Waals surface area contributed by atoms with Crippen molar-refractivity contribution in [2.24, 2.45) is 5.92 Å². The van der Waals surface area contributed by atoms with Crippen LogP contribution in [0.4, 0.5) is 0 Å². The van der Waals surface area contributed by atoms with E-state index in [-0.39, 0.29) is 5.92 Å². The molecule has 4 heteroatoms. The fourth-order valence-electron chi connectivity index (χ4n) is 1.07. The standard InChI is InChI=1S/C11H16N2O2/c1-9(11(14)15)7-12-13-8-10-5-3-2-4-6-10/h2-6,9,12-13H,7-8H2,1H3,(H,14,15). The highest BCUT2D eigenvalue weighted by Gasteiger charge is 2.08. The minimum absolute atomic E-state index is 0.381. The fraction of sp³-hybridized carbons (Fsp3) is 0.364. The summed E-state index contributed by atoms with van der Waals surface area (Å²) in [5, 5.41) is 8.63. The van der Waals surface area contributed by atoms with Gasteiger partial charge in [-0.05, 0) is 5.56 Å². The molecule has 82 valence electrons. The van der Waals surface area contributed by atoms with Gasteiger partial charge in [-0.25, -0.2) is 0 Å². The van der Waals surface area contributed by atoms with Crippen LogP contribution in [-0.2, 0) is 11.3 Å². The van der Waals surface area contributed by atoms with Gasteiger partial charge in [0.2, 0.25) is 0 Å². The molecule has 0 aliphatic rings. The largest absolute Gasteiger partial charge is 0.481 e. The molecule has 4 nitrogen and oxygen atoms in total. The summed E-state index contributed by atoms with van der Waals surface area (Å²) in [4.78, 5) is 10.5. The summed E-state index contributed by atoms with van der Waals surface area (Å²) in [6.45, 7) is 2.77. The molecule has 0 aromatic heterocycles. The Labute approximate surface area is 89.3 Å². The van der Waals surface area contributed by atoms with Gasteiger partial charge in [0.15, 0.2) is 0 Å². The monoisotopic (exact) mass is 208 g/mol. The average molecular weight is 208 g/mol. The molecule has 0 aliphatic heterocycles. The smallest absolute Gasteiger partial charge is 0.307 e. The molecule has 1 unspecified atom stereocenters. The van der Waals surface area contributed by atoms with Crippen LogP contribution in [0.25, 0.3) is 0 Å². The Bertz CT molecular complexity index is 301. The van der Waals surface area contributed by atoms with Crippen LogP contribution in [0.1, 0.15) is 12.5 Å². The van der Waals surface area contributed by atoms with E-state index in [2.05, 4.69) is 10.9 Å². The van der Waals surface area contributed by atoms with Gasteiger partial charge in [-0.2, -0.15) is 0 Å². The van der Waals surface area contributed by atoms with E-state index in [4.69, 9.17) is 5.11 Å². The van der Waals surface area contributed by atoms with Crippen LogP contribution in [0.2, 0.25) is 0 Å². The summed E-state index contributed by atoms with van der Waals surface area (Å²) in [6, 6.07) is 9.92. The molecule has 0 saturated carbocycles. The van der Waals surface area contributed by atoms with Gasteiger partial charge >= 0.3 is 5.97 Å². The average Bonchev–Trinajstić information content (AvgIpc) is 2.25. The Morgan fingerprint density at radius 3 is 2.60 bits per heavy atom. The van der Waals surface area contributed by atoms with E-state index in [1.807, 2.05) is 30.3 Å². The van der Waals surface area contributed by atoms with E-state index < -0.39 is 5.97 Å². The molecule has 0 bridgehead atoms. The Morgan fingerprint density at radius 2 is 2.00 bits per heavy atom. The minimum atomic E-state index is -0.788. The number of carboxylic acid groups (broad SMARTS) is 1. The number of carbonyl (C=O) groups is 1. The van der Waals surface area contributed by atoms with Crippen LogP contribution in [0.5, 0.6) is 0 Å². The summed E-state index contributed by atoms with van der Waals surface area (Å²) in [6.07, 6.45) is 0. The lowest BCUT2D eigenvalue weighted by molar-refractivity contribution is -0.141. The molecule has 15 heavy (non-hydrogen) atoms. The summed E-state index contributed by atoms with van der Waals surface area (Å²) in [5.74, 6) is -1.17. The first-order chi connectivity index (χ1) is 7.20. The van der Waals surface area contributed by atoms with Gasteiger partial charge < -0.3 is 5.11 Å². The van der Waals surface area contributed by atoms with Gasteiger partial charge in [-0.15, -0.1) is 0 Å². The number of hydrogen-bond acceptors (Lipinski definition) is 3. The van der Waals surface area contributed by atoms with Crippen LogP contribution in [0.15, 0.2) is 30.3 Å². The fourth-order valence-corrected chi connectivity index (χ4v) is 1.07. The summed E-state index contributed by atoms with van der Waals surface area (Å²) in [7, 11) is 0. The van der Waals surface area contributed by atoms with Crippen molar-refractivity contribution >= 4 is 5.97 Å². The zero-order valence-electron chi connectivity index (χ0n) is 8.73. The maximum Gasteiger partial charge on any atom is 0.307 e. The van der Waals surface area contributed by atoms with E-state index >= 15 is 0 Å². The number of aliphatic carboxylic acids is 1. The molecule has 0 saturated heterocycles. The first-order valence-electron chi connectivity index (χ1n) is 4.92. The van der Waals surface area contributed by atoms with Crippen LogP contribution < -0.4 is 10.9 Å². The number of benzene rings is 1. The predicted molar refractivity (Wildman–Crippen MR) is 58.1 cm³/mol. The molecule has 0 spiro atoms. The number of hydrogen-bond donors (Lipinski definition) is 3. The number of carboxylic acids is 1. The third-order valence-corrected chi connectivity index (χ3v) is 2.09.